The van der Waals surface area contributed by atoms with Gasteiger partial charge in [-0.1, -0.05) is 0 Å². The Morgan fingerprint density at radius 2 is 2.08 bits per heavy atom. The minimum Gasteiger partial charge on any atom is -0.423 e. The number of nitrogens with two attached hydrogens (primary N) is 1. The van der Waals surface area contributed by atoms with Crippen LogP contribution < -0.4 is 5.73 Å². The SMILES string of the molecule is CC(C)(N)c1nnc(C2CC2)o1. The predicted octanol–water partition coefficient (Wildman–Crippen LogP) is 1.14. The molecule has 1 aliphatic rings. The Balaban J connectivity index is 2.23. The second kappa shape index (κ2) is 2.29. The van der Waals surface area contributed by atoms with Gasteiger partial charge in [-0.25, -0.2) is 0 Å². The van der Waals surface area contributed by atoms with Crippen molar-refractivity contribution in [2.24, 2.45) is 5.73 Å². The number of rotatable bonds is 2. The molecule has 66 valence electrons. The molecular formula is C8H13N3O. The summed E-state index contributed by atoms with van der Waals surface area (Å²) in [6, 6.07) is 0. The highest BCUT2D eigenvalue weighted by Crippen LogP contribution is 2.39. The fourth-order valence-corrected chi connectivity index (χ4v) is 0.990. The number of hydrogen-bond acceptors (Lipinski definition) is 4. The molecule has 1 heterocycles. The van der Waals surface area contributed by atoms with Crippen molar-refractivity contribution in [1.29, 1.82) is 0 Å². The molecule has 1 fully saturated rings. The smallest absolute Gasteiger partial charge is 0.235 e. The summed E-state index contributed by atoms with van der Waals surface area (Å²) < 4.78 is 5.42. The Labute approximate surface area is 71.2 Å². The van der Waals surface area contributed by atoms with Gasteiger partial charge in [-0.05, 0) is 26.7 Å². The van der Waals surface area contributed by atoms with Gasteiger partial charge in [0.1, 0.15) is 0 Å². The Hall–Kier alpha value is -0.900. The van der Waals surface area contributed by atoms with E-state index in [0.29, 0.717) is 11.8 Å². The second-order valence-electron chi connectivity index (χ2n) is 3.94. The quantitative estimate of drug-likeness (QED) is 0.717. The average Bonchev–Trinajstić information content (AvgIpc) is 2.66. The van der Waals surface area contributed by atoms with Crippen molar-refractivity contribution in [2.45, 2.75) is 38.1 Å². The minimum absolute atomic E-state index is 0.508. The summed E-state index contributed by atoms with van der Waals surface area (Å²) in [6.07, 6.45) is 2.35. The largest absolute Gasteiger partial charge is 0.423 e. The molecule has 0 atom stereocenters. The van der Waals surface area contributed by atoms with Crippen LogP contribution in [0.25, 0.3) is 0 Å². The fraction of sp³-hybridized carbons (Fsp3) is 0.750. The molecule has 0 saturated heterocycles. The summed E-state index contributed by atoms with van der Waals surface area (Å²) in [4.78, 5) is 0. The minimum atomic E-state index is -0.514. The third kappa shape index (κ3) is 1.34. The first-order valence-electron chi connectivity index (χ1n) is 4.20. The maximum Gasteiger partial charge on any atom is 0.235 e. The van der Waals surface area contributed by atoms with Crippen LogP contribution in [-0.4, -0.2) is 10.2 Å². The third-order valence-electron chi connectivity index (χ3n) is 1.92. The van der Waals surface area contributed by atoms with Crippen molar-refractivity contribution < 1.29 is 4.42 Å². The van der Waals surface area contributed by atoms with E-state index in [-0.39, 0.29) is 0 Å². The van der Waals surface area contributed by atoms with Gasteiger partial charge < -0.3 is 10.2 Å². The highest BCUT2D eigenvalue weighted by molar-refractivity contribution is 5.03. The van der Waals surface area contributed by atoms with Gasteiger partial charge >= 0.3 is 0 Å². The molecule has 0 aromatic carbocycles. The van der Waals surface area contributed by atoms with Crippen molar-refractivity contribution in [1.82, 2.24) is 10.2 Å². The Bertz CT molecular complexity index is 283. The number of aromatic nitrogens is 2. The van der Waals surface area contributed by atoms with Crippen LogP contribution in [0.5, 0.6) is 0 Å². The van der Waals surface area contributed by atoms with Crippen molar-refractivity contribution in [3.8, 4) is 0 Å². The Morgan fingerprint density at radius 1 is 1.42 bits per heavy atom. The topological polar surface area (TPSA) is 64.9 Å². The molecule has 2 N–H and O–H groups in total. The predicted molar refractivity (Wildman–Crippen MR) is 43.5 cm³/mol. The van der Waals surface area contributed by atoms with E-state index < -0.39 is 5.54 Å². The van der Waals surface area contributed by atoms with E-state index >= 15 is 0 Å². The summed E-state index contributed by atoms with van der Waals surface area (Å²) in [5.41, 5.74) is 5.28. The van der Waals surface area contributed by atoms with Crippen LogP contribution >= 0.6 is 0 Å². The molecule has 1 aliphatic carbocycles. The summed E-state index contributed by atoms with van der Waals surface area (Å²) in [5, 5.41) is 7.86. The zero-order valence-electron chi connectivity index (χ0n) is 7.37. The first-order chi connectivity index (χ1) is 5.57. The molecule has 1 aromatic heterocycles. The molecule has 2 rings (SSSR count). The Kier molecular flexibility index (Phi) is 1.48. The maximum absolute atomic E-state index is 5.79. The van der Waals surface area contributed by atoms with Gasteiger partial charge in [0.05, 0.1) is 5.54 Å². The number of hydrogen-bond donors (Lipinski definition) is 1. The van der Waals surface area contributed by atoms with Gasteiger partial charge in [-0.2, -0.15) is 0 Å². The molecular weight excluding hydrogens is 154 g/mol. The van der Waals surface area contributed by atoms with Gasteiger partial charge in [-0.3, -0.25) is 0 Å². The average molecular weight is 167 g/mol. The van der Waals surface area contributed by atoms with E-state index in [1.807, 2.05) is 13.8 Å². The normalized spacial score (nSPS) is 18.2. The monoisotopic (exact) mass is 167 g/mol. The van der Waals surface area contributed by atoms with E-state index in [4.69, 9.17) is 10.2 Å². The lowest BCUT2D eigenvalue weighted by Gasteiger charge is -2.11. The van der Waals surface area contributed by atoms with Gasteiger partial charge in [0.2, 0.25) is 11.8 Å². The molecule has 4 nitrogen and oxygen atoms in total. The molecule has 12 heavy (non-hydrogen) atoms. The molecule has 0 radical (unpaired) electrons. The van der Waals surface area contributed by atoms with Crippen LogP contribution in [0.2, 0.25) is 0 Å². The summed E-state index contributed by atoms with van der Waals surface area (Å²) in [6.45, 7) is 3.72. The van der Waals surface area contributed by atoms with E-state index in [9.17, 15) is 0 Å². The zero-order valence-corrected chi connectivity index (χ0v) is 7.37. The van der Waals surface area contributed by atoms with Gasteiger partial charge in [0.25, 0.3) is 0 Å². The van der Waals surface area contributed by atoms with Crippen molar-refractivity contribution in [2.75, 3.05) is 0 Å². The highest BCUT2D eigenvalue weighted by Gasteiger charge is 2.31. The fourth-order valence-electron chi connectivity index (χ4n) is 0.990. The second-order valence-corrected chi connectivity index (χ2v) is 3.94. The zero-order chi connectivity index (χ0) is 8.77. The van der Waals surface area contributed by atoms with Gasteiger partial charge in [0, 0.05) is 5.92 Å². The molecule has 1 aromatic rings. The van der Waals surface area contributed by atoms with E-state index in [1.54, 1.807) is 0 Å². The molecule has 0 bridgehead atoms. The van der Waals surface area contributed by atoms with Crippen LogP contribution in [0, 0.1) is 0 Å². The number of nitrogens with zero attached hydrogens (tertiary/aromatic N) is 2. The van der Waals surface area contributed by atoms with Crippen molar-refractivity contribution >= 4 is 0 Å². The van der Waals surface area contributed by atoms with E-state index in [1.165, 1.54) is 12.8 Å². The Morgan fingerprint density at radius 3 is 2.50 bits per heavy atom. The standard InChI is InChI=1S/C8H13N3O/c1-8(2,9)7-11-10-6(12-7)5-3-4-5/h5H,3-4,9H2,1-2H3. The molecule has 0 aliphatic heterocycles. The summed E-state index contributed by atoms with van der Waals surface area (Å²) in [7, 11) is 0. The van der Waals surface area contributed by atoms with Crippen LogP contribution in [0.1, 0.15) is 44.4 Å². The molecule has 0 spiro atoms. The molecule has 4 heteroatoms. The first-order valence-corrected chi connectivity index (χ1v) is 4.20. The summed E-state index contributed by atoms with van der Waals surface area (Å²) >= 11 is 0. The van der Waals surface area contributed by atoms with E-state index in [2.05, 4.69) is 10.2 Å². The van der Waals surface area contributed by atoms with Crippen LogP contribution in [-0.2, 0) is 5.54 Å². The highest BCUT2D eigenvalue weighted by atomic mass is 16.4. The van der Waals surface area contributed by atoms with Crippen LogP contribution in [0.4, 0.5) is 0 Å². The van der Waals surface area contributed by atoms with E-state index in [0.717, 1.165) is 5.89 Å². The lowest BCUT2D eigenvalue weighted by atomic mass is 10.1. The van der Waals surface area contributed by atoms with Crippen molar-refractivity contribution in [3.63, 3.8) is 0 Å². The molecule has 0 unspecified atom stereocenters. The first kappa shape index (κ1) is 7.73. The van der Waals surface area contributed by atoms with Crippen LogP contribution in [0.15, 0.2) is 4.42 Å². The summed E-state index contributed by atoms with van der Waals surface area (Å²) in [5.74, 6) is 1.79. The van der Waals surface area contributed by atoms with Gasteiger partial charge in [-0.15, -0.1) is 10.2 Å². The van der Waals surface area contributed by atoms with Gasteiger partial charge in [0.15, 0.2) is 0 Å². The molecule has 1 saturated carbocycles. The molecule has 0 amide bonds. The lowest BCUT2D eigenvalue weighted by Crippen LogP contribution is -2.29. The third-order valence-corrected chi connectivity index (χ3v) is 1.92. The maximum atomic E-state index is 5.79. The van der Waals surface area contributed by atoms with Crippen molar-refractivity contribution in [3.05, 3.63) is 11.8 Å². The lowest BCUT2D eigenvalue weighted by molar-refractivity contribution is 0.360. The van der Waals surface area contributed by atoms with Crippen LogP contribution in [0.3, 0.4) is 0 Å².